The van der Waals surface area contributed by atoms with Gasteiger partial charge in [0.2, 0.25) is 0 Å². The highest BCUT2D eigenvalue weighted by atomic mass is 16.5. The van der Waals surface area contributed by atoms with E-state index < -0.39 is 0 Å². The second kappa shape index (κ2) is 7.86. The smallest absolute Gasteiger partial charge is 0.0796 e. The summed E-state index contributed by atoms with van der Waals surface area (Å²) in [5, 5.41) is 0. The van der Waals surface area contributed by atoms with Gasteiger partial charge in [-0.1, -0.05) is 67.9 Å². The SMILES string of the molecule is CCCc1ccc(CCOC(C)c2ccccc2)cc1. The number of ether oxygens (including phenoxy) is 1. The fourth-order valence-electron chi connectivity index (χ4n) is 2.34. The summed E-state index contributed by atoms with van der Waals surface area (Å²) in [5.41, 5.74) is 4.02. The molecule has 1 heteroatoms. The first-order valence-electron chi connectivity index (χ1n) is 7.54. The molecule has 0 spiro atoms. The van der Waals surface area contributed by atoms with Gasteiger partial charge < -0.3 is 4.74 Å². The van der Waals surface area contributed by atoms with E-state index in [2.05, 4.69) is 62.4 Å². The fourth-order valence-corrected chi connectivity index (χ4v) is 2.34. The Bertz CT molecular complexity index is 487. The molecule has 106 valence electrons. The maximum absolute atomic E-state index is 5.91. The van der Waals surface area contributed by atoms with Gasteiger partial charge in [-0.25, -0.2) is 0 Å². The summed E-state index contributed by atoms with van der Waals surface area (Å²) in [6.45, 7) is 5.09. The lowest BCUT2D eigenvalue weighted by Crippen LogP contribution is -2.04. The van der Waals surface area contributed by atoms with Crippen molar-refractivity contribution in [3.05, 3.63) is 71.3 Å². The molecular weight excluding hydrogens is 244 g/mol. The topological polar surface area (TPSA) is 9.23 Å². The third-order valence-corrected chi connectivity index (χ3v) is 3.59. The van der Waals surface area contributed by atoms with Gasteiger partial charge in [0.1, 0.15) is 0 Å². The van der Waals surface area contributed by atoms with Crippen LogP contribution in [0.15, 0.2) is 54.6 Å². The molecule has 0 radical (unpaired) electrons. The van der Waals surface area contributed by atoms with Gasteiger partial charge in [0, 0.05) is 0 Å². The first-order chi connectivity index (χ1) is 9.79. The quantitative estimate of drug-likeness (QED) is 0.689. The molecule has 2 aromatic rings. The molecule has 2 rings (SSSR count). The predicted octanol–water partition coefficient (Wildman–Crippen LogP) is 4.96. The van der Waals surface area contributed by atoms with Crippen molar-refractivity contribution in [3.63, 3.8) is 0 Å². The second-order valence-electron chi connectivity index (χ2n) is 5.24. The average molecular weight is 268 g/mol. The van der Waals surface area contributed by atoms with E-state index in [0.29, 0.717) is 0 Å². The molecule has 0 amide bonds. The zero-order valence-electron chi connectivity index (χ0n) is 12.5. The summed E-state index contributed by atoms with van der Waals surface area (Å²) in [6, 6.07) is 19.3. The van der Waals surface area contributed by atoms with Crippen LogP contribution in [-0.2, 0) is 17.6 Å². The number of rotatable bonds is 7. The van der Waals surface area contributed by atoms with Crippen LogP contribution in [0, 0.1) is 0 Å². The van der Waals surface area contributed by atoms with Crippen molar-refractivity contribution in [1.29, 1.82) is 0 Å². The van der Waals surface area contributed by atoms with E-state index in [1.807, 2.05) is 6.07 Å². The van der Waals surface area contributed by atoms with Crippen molar-refractivity contribution in [3.8, 4) is 0 Å². The van der Waals surface area contributed by atoms with Gasteiger partial charge in [0.15, 0.2) is 0 Å². The molecule has 0 saturated carbocycles. The molecule has 20 heavy (non-hydrogen) atoms. The minimum absolute atomic E-state index is 0.163. The molecule has 0 fully saturated rings. The normalized spacial score (nSPS) is 12.3. The minimum atomic E-state index is 0.163. The van der Waals surface area contributed by atoms with Crippen LogP contribution >= 0.6 is 0 Å². The molecule has 0 aliphatic carbocycles. The van der Waals surface area contributed by atoms with Gasteiger partial charge in [0.05, 0.1) is 12.7 Å². The molecule has 2 aromatic carbocycles. The summed E-state index contributed by atoms with van der Waals surface area (Å²) in [5.74, 6) is 0. The van der Waals surface area contributed by atoms with Crippen LogP contribution in [0.5, 0.6) is 0 Å². The summed E-state index contributed by atoms with van der Waals surface area (Å²) in [7, 11) is 0. The van der Waals surface area contributed by atoms with Gasteiger partial charge in [0.25, 0.3) is 0 Å². The second-order valence-corrected chi connectivity index (χ2v) is 5.24. The molecule has 0 saturated heterocycles. The molecule has 0 bridgehead atoms. The zero-order valence-corrected chi connectivity index (χ0v) is 12.5. The molecule has 0 heterocycles. The summed E-state index contributed by atoms with van der Waals surface area (Å²) >= 11 is 0. The van der Waals surface area contributed by atoms with E-state index in [1.54, 1.807) is 0 Å². The van der Waals surface area contributed by atoms with Crippen molar-refractivity contribution in [2.45, 2.75) is 39.2 Å². The minimum Gasteiger partial charge on any atom is -0.373 e. The lowest BCUT2D eigenvalue weighted by Gasteiger charge is -2.13. The highest BCUT2D eigenvalue weighted by molar-refractivity contribution is 5.23. The summed E-state index contributed by atoms with van der Waals surface area (Å²) < 4.78 is 5.91. The molecule has 1 unspecified atom stereocenters. The van der Waals surface area contributed by atoms with Crippen LogP contribution in [0.4, 0.5) is 0 Å². The van der Waals surface area contributed by atoms with Crippen molar-refractivity contribution in [2.75, 3.05) is 6.61 Å². The van der Waals surface area contributed by atoms with E-state index in [-0.39, 0.29) is 6.10 Å². The Morgan fingerprint density at radius 2 is 1.45 bits per heavy atom. The Morgan fingerprint density at radius 3 is 2.05 bits per heavy atom. The molecule has 0 N–H and O–H groups in total. The van der Waals surface area contributed by atoms with Crippen LogP contribution in [0.3, 0.4) is 0 Å². The maximum Gasteiger partial charge on any atom is 0.0796 e. The van der Waals surface area contributed by atoms with E-state index in [9.17, 15) is 0 Å². The third-order valence-electron chi connectivity index (χ3n) is 3.59. The molecule has 0 aliphatic heterocycles. The average Bonchev–Trinajstić information content (AvgIpc) is 2.50. The maximum atomic E-state index is 5.91. The molecule has 0 aliphatic rings. The Balaban J connectivity index is 1.78. The molecular formula is C19H24O. The Kier molecular flexibility index (Phi) is 5.82. The van der Waals surface area contributed by atoms with E-state index in [4.69, 9.17) is 4.74 Å². The van der Waals surface area contributed by atoms with Crippen LogP contribution in [0.1, 0.15) is 43.1 Å². The predicted molar refractivity (Wildman–Crippen MR) is 85.0 cm³/mol. The van der Waals surface area contributed by atoms with Gasteiger partial charge in [-0.05, 0) is 36.5 Å². The van der Waals surface area contributed by atoms with Crippen molar-refractivity contribution < 1.29 is 4.74 Å². The lowest BCUT2D eigenvalue weighted by atomic mass is 10.1. The van der Waals surface area contributed by atoms with Gasteiger partial charge in [-0.15, -0.1) is 0 Å². The Hall–Kier alpha value is -1.60. The zero-order chi connectivity index (χ0) is 14.2. The van der Waals surface area contributed by atoms with Crippen molar-refractivity contribution in [2.24, 2.45) is 0 Å². The number of aryl methyl sites for hydroxylation is 1. The molecule has 1 atom stereocenters. The Morgan fingerprint density at radius 1 is 0.850 bits per heavy atom. The molecule has 0 aromatic heterocycles. The summed E-state index contributed by atoms with van der Waals surface area (Å²) in [6.07, 6.45) is 3.51. The van der Waals surface area contributed by atoms with E-state index in [0.717, 1.165) is 13.0 Å². The van der Waals surface area contributed by atoms with Crippen LogP contribution < -0.4 is 0 Å². The van der Waals surface area contributed by atoms with Gasteiger partial charge in [-0.2, -0.15) is 0 Å². The van der Waals surface area contributed by atoms with E-state index in [1.165, 1.54) is 29.5 Å². The fraction of sp³-hybridized carbons (Fsp3) is 0.368. The first kappa shape index (κ1) is 14.8. The standard InChI is InChI=1S/C19H24O/c1-3-7-17-10-12-18(13-11-17)14-15-20-16(2)19-8-5-4-6-9-19/h4-6,8-13,16H,3,7,14-15H2,1-2H3. The monoisotopic (exact) mass is 268 g/mol. The highest BCUT2D eigenvalue weighted by Gasteiger charge is 2.04. The van der Waals surface area contributed by atoms with Gasteiger partial charge in [-0.3, -0.25) is 0 Å². The number of hydrogen-bond acceptors (Lipinski definition) is 1. The number of benzene rings is 2. The van der Waals surface area contributed by atoms with E-state index >= 15 is 0 Å². The first-order valence-corrected chi connectivity index (χ1v) is 7.54. The highest BCUT2D eigenvalue weighted by Crippen LogP contribution is 2.16. The summed E-state index contributed by atoms with van der Waals surface area (Å²) in [4.78, 5) is 0. The van der Waals surface area contributed by atoms with Crippen LogP contribution in [0.25, 0.3) is 0 Å². The van der Waals surface area contributed by atoms with Crippen LogP contribution in [-0.4, -0.2) is 6.61 Å². The van der Waals surface area contributed by atoms with Gasteiger partial charge >= 0.3 is 0 Å². The molecule has 1 nitrogen and oxygen atoms in total. The third kappa shape index (κ3) is 4.50. The number of hydrogen-bond donors (Lipinski definition) is 0. The van der Waals surface area contributed by atoms with Crippen molar-refractivity contribution >= 4 is 0 Å². The largest absolute Gasteiger partial charge is 0.373 e. The van der Waals surface area contributed by atoms with Crippen LogP contribution in [0.2, 0.25) is 0 Å². The Labute approximate surface area is 122 Å². The lowest BCUT2D eigenvalue weighted by molar-refractivity contribution is 0.0681. The van der Waals surface area contributed by atoms with Crippen molar-refractivity contribution in [1.82, 2.24) is 0 Å².